The second-order valence-electron chi connectivity index (χ2n) is 11.7. The van der Waals surface area contributed by atoms with Crippen LogP contribution in [0, 0.1) is 5.92 Å². The number of carbonyl (C=O) groups excluding carboxylic acids is 5. The third kappa shape index (κ3) is 12.2. The predicted molar refractivity (Wildman–Crippen MR) is 185 cm³/mol. The molecular weight excluding hydrogens is 651 g/mol. The summed E-state index contributed by atoms with van der Waals surface area (Å²) in [6, 6.07) is 3.95. The van der Waals surface area contributed by atoms with Crippen LogP contribution in [0.5, 0.6) is 0 Å². The fourth-order valence-corrected chi connectivity index (χ4v) is 5.44. The van der Waals surface area contributed by atoms with Gasteiger partial charge < -0.3 is 48.8 Å². The molecule has 1 aromatic carbocycles. The number of carbonyl (C=O) groups is 5. The Labute approximate surface area is 286 Å². The molecule has 0 aliphatic carbocycles. The number of amides is 5. The van der Waals surface area contributed by atoms with Gasteiger partial charge in [0.25, 0.3) is 0 Å². The molecule has 47 heavy (non-hydrogen) atoms. The van der Waals surface area contributed by atoms with Crippen molar-refractivity contribution in [1.29, 1.82) is 0 Å². The number of fused-ring (bicyclic) bond motifs is 1. The van der Waals surface area contributed by atoms with Gasteiger partial charge in [-0.1, -0.05) is 32.0 Å². The highest BCUT2D eigenvalue weighted by Crippen LogP contribution is 2.21. The number of halogens is 2. The Kier molecular flexibility index (Phi) is 17.0. The lowest BCUT2D eigenvalue weighted by atomic mass is 10.0. The summed E-state index contributed by atoms with van der Waals surface area (Å²) in [7, 11) is 0. The van der Waals surface area contributed by atoms with Gasteiger partial charge >= 0.3 is 0 Å². The normalized spacial score (nSPS) is 15.8. The van der Waals surface area contributed by atoms with E-state index in [1.807, 2.05) is 44.3 Å². The minimum atomic E-state index is -1.03. The van der Waals surface area contributed by atoms with Crippen molar-refractivity contribution in [3.63, 3.8) is 0 Å². The fourth-order valence-electron chi connectivity index (χ4n) is 5.44. The molecule has 0 spiro atoms. The molecule has 1 aromatic heterocycles. The number of H-pyrrole nitrogens is 1. The molecule has 1 fully saturated rings. The minimum Gasteiger partial charge on any atom is -0.370 e. The molecule has 5 amide bonds. The van der Waals surface area contributed by atoms with Crippen LogP contribution in [0.25, 0.3) is 10.9 Å². The maximum absolute atomic E-state index is 13.8. The lowest BCUT2D eigenvalue weighted by Gasteiger charge is -2.30. The Hall–Kier alpha value is -4.08. The highest BCUT2D eigenvalue weighted by atomic mass is 35.5. The Morgan fingerprint density at radius 2 is 1.70 bits per heavy atom. The van der Waals surface area contributed by atoms with E-state index in [4.69, 9.17) is 22.9 Å². The number of rotatable bonds is 16. The Balaban J connectivity index is 0.00000552. The molecule has 0 saturated carbocycles. The van der Waals surface area contributed by atoms with Gasteiger partial charge in [-0.05, 0) is 56.1 Å². The quantitative estimate of drug-likeness (QED) is 0.0645. The first kappa shape index (κ1) is 40.9. The van der Waals surface area contributed by atoms with E-state index < -0.39 is 53.7 Å². The largest absolute Gasteiger partial charge is 0.370 e. The van der Waals surface area contributed by atoms with Gasteiger partial charge in [0.2, 0.25) is 29.5 Å². The van der Waals surface area contributed by atoms with Gasteiger partial charge in [-0.25, -0.2) is 0 Å². The van der Waals surface area contributed by atoms with E-state index in [1.54, 1.807) is 0 Å². The number of nitrogens with zero attached hydrogens (tertiary/aromatic N) is 2. The lowest BCUT2D eigenvalue weighted by Crippen LogP contribution is -2.58. The standard InChI is InChI=1S/C30H46N10O5.2ClH/c1-17(2)13-23(39-26(42)20(31)14-18-15-36-21-8-4-3-7-19(18)21)27(43)38-22(9-5-11-35-30(33)34)29(45)40-12-6-10-24(40)28(44)37-16-25(32)41;;/h3-4,7-8,15,17,20,22-24,36H,5-6,9-14,16,31H2,1-2H3,(H2,32,41)(H,37,44)(H,38,43)(H,39,42)(H4,33,34,35);2*1H/t20-,22+,23+,24+;;/m1../s1. The van der Waals surface area contributed by atoms with E-state index in [0.717, 1.165) is 16.5 Å². The Morgan fingerprint density at radius 1 is 1.02 bits per heavy atom. The van der Waals surface area contributed by atoms with Crippen molar-refractivity contribution >= 4 is 71.2 Å². The molecular formula is C30H48Cl2N10O5. The molecule has 1 aliphatic heterocycles. The van der Waals surface area contributed by atoms with Gasteiger partial charge in [0, 0.05) is 30.2 Å². The molecule has 1 aliphatic rings. The van der Waals surface area contributed by atoms with Crippen LogP contribution in [-0.2, 0) is 30.4 Å². The summed E-state index contributed by atoms with van der Waals surface area (Å²) in [5, 5.41) is 9.00. The molecule has 4 atom stereocenters. The molecule has 0 bridgehead atoms. The molecule has 17 heteroatoms. The number of para-hydroxylation sites is 1. The number of primary amides is 1. The maximum atomic E-state index is 13.8. The third-order valence-electron chi connectivity index (χ3n) is 7.63. The first-order valence-corrected chi connectivity index (χ1v) is 15.2. The zero-order valence-electron chi connectivity index (χ0n) is 26.7. The number of aromatic nitrogens is 1. The van der Waals surface area contributed by atoms with E-state index in [1.165, 1.54) is 4.90 Å². The van der Waals surface area contributed by atoms with Crippen LogP contribution in [0.3, 0.4) is 0 Å². The summed E-state index contributed by atoms with van der Waals surface area (Å²) in [4.78, 5) is 73.0. The van der Waals surface area contributed by atoms with Gasteiger partial charge in [-0.3, -0.25) is 29.0 Å². The number of guanidine groups is 1. The number of aliphatic imine (C=N–C) groups is 1. The summed E-state index contributed by atoms with van der Waals surface area (Å²) in [5.41, 5.74) is 24.1. The number of benzene rings is 1. The van der Waals surface area contributed by atoms with E-state index >= 15 is 0 Å². The SMILES string of the molecule is CC(C)C[C@H](NC(=O)[C@H](N)Cc1c[nH]c2ccccc12)C(=O)N[C@@H](CCCN=C(N)N)C(=O)N1CCC[C@H]1C(=O)NCC(N)=O.Cl.Cl. The van der Waals surface area contributed by atoms with Crippen LogP contribution in [0.2, 0.25) is 0 Å². The molecule has 3 rings (SSSR count). The first-order valence-electron chi connectivity index (χ1n) is 15.2. The van der Waals surface area contributed by atoms with Crippen LogP contribution in [0.4, 0.5) is 0 Å². The molecule has 2 heterocycles. The van der Waals surface area contributed by atoms with Crippen molar-refractivity contribution in [2.75, 3.05) is 19.6 Å². The van der Waals surface area contributed by atoms with Crippen molar-refractivity contribution in [3.8, 4) is 0 Å². The Morgan fingerprint density at radius 3 is 2.36 bits per heavy atom. The lowest BCUT2D eigenvalue weighted by molar-refractivity contribution is -0.142. The van der Waals surface area contributed by atoms with Crippen LogP contribution in [0.1, 0.15) is 51.5 Å². The number of nitrogens with two attached hydrogens (primary N) is 4. The summed E-state index contributed by atoms with van der Waals surface area (Å²) >= 11 is 0. The summed E-state index contributed by atoms with van der Waals surface area (Å²) in [5.74, 6) is -2.79. The van der Waals surface area contributed by atoms with Crippen LogP contribution in [0.15, 0.2) is 35.5 Å². The van der Waals surface area contributed by atoms with Gasteiger partial charge in [0.15, 0.2) is 5.96 Å². The number of aromatic amines is 1. The molecule has 1 saturated heterocycles. The fraction of sp³-hybridized carbons (Fsp3) is 0.533. The molecule has 12 N–H and O–H groups in total. The number of likely N-dealkylation sites (tertiary alicyclic amines) is 1. The second kappa shape index (κ2) is 19.6. The zero-order valence-corrected chi connectivity index (χ0v) is 28.3. The Bertz CT molecular complexity index is 1400. The van der Waals surface area contributed by atoms with Gasteiger partial charge in [-0.2, -0.15) is 0 Å². The monoisotopic (exact) mass is 698 g/mol. The van der Waals surface area contributed by atoms with Crippen LogP contribution < -0.4 is 38.9 Å². The van der Waals surface area contributed by atoms with Crippen molar-refractivity contribution in [2.24, 2.45) is 33.8 Å². The molecule has 262 valence electrons. The van der Waals surface area contributed by atoms with Crippen molar-refractivity contribution < 1.29 is 24.0 Å². The summed E-state index contributed by atoms with van der Waals surface area (Å²) < 4.78 is 0. The summed E-state index contributed by atoms with van der Waals surface area (Å²) in [6.07, 6.45) is 3.86. The number of hydrogen-bond acceptors (Lipinski definition) is 7. The van der Waals surface area contributed by atoms with E-state index in [-0.39, 0.29) is 62.6 Å². The molecule has 2 aromatic rings. The third-order valence-corrected chi connectivity index (χ3v) is 7.63. The maximum Gasteiger partial charge on any atom is 0.245 e. The van der Waals surface area contributed by atoms with Crippen molar-refractivity contribution in [2.45, 2.75) is 76.5 Å². The molecule has 0 radical (unpaired) electrons. The first-order chi connectivity index (χ1) is 21.4. The highest BCUT2D eigenvalue weighted by molar-refractivity contribution is 5.96. The molecule has 15 nitrogen and oxygen atoms in total. The summed E-state index contributed by atoms with van der Waals surface area (Å²) in [6.45, 7) is 3.99. The van der Waals surface area contributed by atoms with Gasteiger partial charge in [-0.15, -0.1) is 24.8 Å². The van der Waals surface area contributed by atoms with Gasteiger partial charge in [0.1, 0.15) is 18.1 Å². The minimum absolute atomic E-state index is 0. The van der Waals surface area contributed by atoms with Crippen molar-refractivity contribution in [1.82, 2.24) is 25.8 Å². The highest BCUT2D eigenvalue weighted by Gasteiger charge is 2.38. The average molecular weight is 700 g/mol. The average Bonchev–Trinajstić information content (AvgIpc) is 3.64. The molecule has 0 unspecified atom stereocenters. The second-order valence-corrected chi connectivity index (χ2v) is 11.7. The van der Waals surface area contributed by atoms with Crippen LogP contribution >= 0.6 is 24.8 Å². The smallest absolute Gasteiger partial charge is 0.245 e. The zero-order chi connectivity index (χ0) is 33.1. The van der Waals surface area contributed by atoms with E-state index in [0.29, 0.717) is 32.2 Å². The van der Waals surface area contributed by atoms with E-state index in [9.17, 15) is 24.0 Å². The van der Waals surface area contributed by atoms with E-state index in [2.05, 4.69) is 25.9 Å². The van der Waals surface area contributed by atoms with Gasteiger partial charge in [0.05, 0.1) is 12.6 Å². The van der Waals surface area contributed by atoms with Crippen LogP contribution in [-0.4, -0.2) is 89.2 Å². The number of hydrogen-bond donors (Lipinski definition) is 8. The predicted octanol–water partition coefficient (Wildman–Crippen LogP) is -0.457. The number of nitrogens with one attached hydrogen (secondary N) is 4. The van der Waals surface area contributed by atoms with Crippen molar-refractivity contribution in [3.05, 3.63) is 36.0 Å². The topological polar surface area (TPSA) is 257 Å².